The zero-order chi connectivity index (χ0) is 21.5. The van der Waals surface area contributed by atoms with Crippen LogP contribution < -0.4 is 16.0 Å². The van der Waals surface area contributed by atoms with Gasteiger partial charge in [-0.3, -0.25) is 14.4 Å². The van der Waals surface area contributed by atoms with Crippen LogP contribution in [0, 0.1) is 0 Å². The van der Waals surface area contributed by atoms with Crippen LogP contribution >= 0.6 is 0 Å². The second-order valence-electron chi connectivity index (χ2n) is 7.00. The first-order valence-corrected chi connectivity index (χ1v) is 9.20. The van der Waals surface area contributed by atoms with Gasteiger partial charge in [0.25, 0.3) is 5.91 Å². The van der Waals surface area contributed by atoms with Crippen LogP contribution in [0.3, 0.4) is 0 Å². The van der Waals surface area contributed by atoms with Gasteiger partial charge in [0.1, 0.15) is 0 Å². The standard InChI is InChI=1S/C20H17F3N4O3/c21-20(22,23)13-2-1-3-14(11-13)26-6-8-27(9-7-26)19(30)12-4-5-15-16(10-12)25-18(29)17(28)24-15/h1-5,10-11H,6-9H2,(H,24,28)(H,25,29). The zero-order valence-electron chi connectivity index (χ0n) is 15.6. The van der Waals surface area contributed by atoms with Crippen LogP contribution in [0.4, 0.5) is 18.9 Å². The molecule has 0 spiro atoms. The highest BCUT2D eigenvalue weighted by Crippen LogP contribution is 2.32. The number of alkyl halides is 3. The molecule has 0 unspecified atom stereocenters. The first-order chi connectivity index (χ1) is 14.2. The fraction of sp³-hybridized carbons (Fsp3) is 0.250. The fourth-order valence-electron chi connectivity index (χ4n) is 3.48. The summed E-state index contributed by atoms with van der Waals surface area (Å²) in [6.07, 6.45) is -4.41. The molecular weight excluding hydrogens is 401 g/mol. The molecule has 3 aromatic rings. The highest BCUT2D eigenvalue weighted by Gasteiger charge is 2.31. The largest absolute Gasteiger partial charge is 0.416 e. The molecule has 1 fully saturated rings. The minimum absolute atomic E-state index is 0.257. The van der Waals surface area contributed by atoms with Gasteiger partial charge in [-0.25, -0.2) is 0 Å². The molecule has 0 aliphatic carbocycles. The van der Waals surface area contributed by atoms with Crippen molar-refractivity contribution < 1.29 is 18.0 Å². The van der Waals surface area contributed by atoms with Gasteiger partial charge in [-0.2, -0.15) is 13.2 Å². The van der Waals surface area contributed by atoms with Crippen molar-refractivity contribution in [3.63, 3.8) is 0 Å². The third-order valence-electron chi connectivity index (χ3n) is 5.07. The highest BCUT2D eigenvalue weighted by atomic mass is 19.4. The van der Waals surface area contributed by atoms with Crippen LogP contribution in [0.25, 0.3) is 11.0 Å². The van der Waals surface area contributed by atoms with Crippen molar-refractivity contribution in [1.82, 2.24) is 14.9 Å². The maximum atomic E-state index is 12.9. The molecule has 1 aromatic heterocycles. The van der Waals surface area contributed by atoms with Crippen molar-refractivity contribution in [2.75, 3.05) is 31.1 Å². The molecule has 0 atom stereocenters. The van der Waals surface area contributed by atoms with Gasteiger partial charge in [0, 0.05) is 37.4 Å². The van der Waals surface area contributed by atoms with Crippen LogP contribution in [0.2, 0.25) is 0 Å². The summed E-state index contributed by atoms with van der Waals surface area (Å²) >= 11 is 0. The van der Waals surface area contributed by atoms with Crippen LogP contribution in [0.1, 0.15) is 15.9 Å². The lowest BCUT2D eigenvalue weighted by Crippen LogP contribution is -2.48. The van der Waals surface area contributed by atoms with E-state index in [1.54, 1.807) is 23.1 Å². The van der Waals surface area contributed by atoms with Crippen LogP contribution in [-0.2, 0) is 6.18 Å². The van der Waals surface area contributed by atoms with Crippen LogP contribution in [-0.4, -0.2) is 47.0 Å². The van der Waals surface area contributed by atoms with Crippen molar-refractivity contribution in [1.29, 1.82) is 0 Å². The summed E-state index contributed by atoms with van der Waals surface area (Å²) in [4.78, 5) is 44.0. The molecule has 0 radical (unpaired) electrons. The third-order valence-corrected chi connectivity index (χ3v) is 5.07. The Morgan fingerprint density at radius 1 is 0.867 bits per heavy atom. The Labute approximate surface area is 167 Å². The van der Waals surface area contributed by atoms with Gasteiger partial charge in [-0.15, -0.1) is 0 Å². The maximum absolute atomic E-state index is 12.9. The molecule has 0 saturated carbocycles. The minimum atomic E-state index is -4.41. The summed E-state index contributed by atoms with van der Waals surface area (Å²) in [7, 11) is 0. The Kier molecular flexibility index (Phi) is 4.84. The average molecular weight is 418 g/mol. The van der Waals surface area contributed by atoms with E-state index in [0.717, 1.165) is 12.1 Å². The molecule has 2 N–H and O–H groups in total. The third kappa shape index (κ3) is 3.80. The molecule has 1 aliphatic rings. The predicted molar refractivity (Wildman–Crippen MR) is 105 cm³/mol. The molecule has 1 aliphatic heterocycles. The van der Waals surface area contributed by atoms with Gasteiger partial charge >= 0.3 is 17.3 Å². The molecule has 0 bridgehead atoms. The number of fused-ring (bicyclic) bond motifs is 1. The van der Waals surface area contributed by atoms with Gasteiger partial charge in [-0.1, -0.05) is 6.07 Å². The van der Waals surface area contributed by atoms with Crippen molar-refractivity contribution in [3.8, 4) is 0 Å². The molecule has 1 amide bonds. The molecule has 30 heavy (non-hydrogen) atoms. The van der Waals surface area contributed by atoms with Gasteiger partial charge in [0.05, 0.1) is 16.6 Å². The summed E-state index contributed by atoms with van der Waals surface area (Å²) in [6.45, 7) is 1.47. The summed E-state index contributed by atoms with van der Waals surface area (Å²) in [6, 6.07) is 9.71. The van der Waals surface area contributed by atoms with E-state index >= 15 is 0 Å². The molecule has 4 rings (SSSR count). The smallest absolute Gasteiger partial charge is 0.368 e. The summed E-state index contributed by atoms with van der Waals surface area (Å²) in [5.74, 6) is -0.257. The van der Waals surface area contributed by atoms with E-state index in [4.69, 9.17) is 0 Å². The number of benzene rings is 2. The molecule has 1 saturated heterocycles. The van der Waals surface area contributed by atoms with Crippen LogP contribution in [0.15, 0.2) is 52.1 Å². The van der Waals surface area contributed by atoms with Gasteiger partial charge in [0.2, 0.25) is 0 Å². The second kappa shape index (κ2) is 7.36. The van der Waals surface area contributed by atoms with Gasteiger partial charge in [0.15, 0.2) is 0 Å². The van der Waals surface area contributed by atoms with E-state index in [1.165, 1.54) is 12.1 Å². The van der Waals surface area contributed by atoms with E-state index in [0.29, 0.717) is 48.5 Å². The lowest BCUT2D eigenvalue weighted by molar-refractivity contribution is -0.137. The monoisotopic (exact) mass is 418 g/mol. The topological polar surface area (TPSA) is 89.3 Å². The number of aromatic amines is 2. The van der Waals surface area contributed by atoms with E-state index in [-0.39, 0.29) is 5.91 Å². The summed E-state index contributed by atoms with van der Waals surface area (Å²) in [5.41, 5.74) is -0.726. The number of hydrogen-bond donors (Lipinski definition) is 2. The highest BCUT2D eigenvalue weighted by molar-refractivity contribution is 5.97. The quantitative estimate of drug-likeness (QED) is 0.625. The number of rotatable bonds is 2. The molecule has 2 heterocycles. The van der Waals surface area contributed by atoms with Crippen molar-refractivity contribution in [2.24, 2.45) is 0 Å². The maximum Gasteiger partial charge on any atom is 0.416 e. The number of halogens is 3. The number of nitrogens with one attached hydrogen (secondary N) is 2. The predicted octanol–water partition coefficient (Wildman–Crippen LogP) is 2.20. The molecular formula is C20H17F3N4O3. The minimum Gasteiger partial charge on any atom is -0.368 e. The van der Waals surface area contributed by atoms with E-state index < -0.39 is 22.9 Å². The lowest BCUT2D eigenvalue weighted by atomic mass is 10.1. The van der Waals surface area contributed by atoms with Crippen molar-refractivity contribution in [3.05, 3.63) is 74.3 Å². The van der Waals surface area contributed by atoms with E-state index in [1.807, 2.05) is 4.90 Å². The Balaban J connectivity index is 1.48. The number of nitrogens with zero attached hydrogens (tertiary/aromatic N) is 2. The van der Waals surface area contributed by atoms with Gasteiger partial charge in [-0.05, 0) is 36.4 Å². The SMILES string of the molecule is O=C(c1ccc2[nH]c(=O)c(=O)[nH]c2c1)N1CCN(c2cccc(C(F)(F)F)c2)CC1. The Morgan fingerprint density at radius 3 is 2.20 bits per heavy atom. The van der Waals surface area contributed by atoms with E-state index in [2.05, 4.69) is 9.97 Å². The lowest BCUT2D eigenvalue weighted by Gasteiger charge is -2.36. The summed E-state index contributed by atoms with van der Waals surface area (Å²) in [5, 5.41) is 0. The summed E-state index contributed by atoms with van der Waals surface area (Å²) < 4.78 is 38.8. The number of carbonyl (C=O) groups is 1. The molecule has 156 valence electrons. The first-order valence-electron chi connectivity index (χ1n) is 9.20. The fourth-order valence-corrected chi connectivity index (χ4v) is 3.48. The van der Waals surface area contributed by atoms with E-state index in [9.17, 15) is 27.6 Å². The van der Waals surface area contributed by atoms with Crippen molar-refractivity contribution in [2.45, 2.75) is 6.18 Å². The number of piperazine rings is 1. The zero-order valence-corrected chi connectivity index (χ0v) is 15.6. The number of anilines is 1. The van der Waals surface area contributed by atoms with Crippen molar-refractivity contribution >= 4 is 22.6 Å². The number of carbonyl (C=O) groups excluding carboxylic acids is 1. The number of H-pyrrole nitrogens is 2. The Morgan fingerprint density at radius 2 is 1.53 bits per heavy atom. The molecule has 7 nitrogen and oxygen atoms in total. The number of aromatic nitrogens is 2. The second-order valence-corrected chi connectivity index (χ2v) is 7.00. The number of hydrogen-bond acceptors (Lipinski definition) is 4. The van der Waals surface area contributed by atoms with Crippen LogP contribution in [0.5, 0.6) is 0 Å². The normalized spacial score (nSPS) is 14.9. The Bertz CT molecular complexity index is 1220. The Hall–Kier alpha value is -3.56. The molecule has 10 heteroatoms. The number of amides is 1. The van der Waals surface area contributed by atoms with Gasteiger partial charge < -0.3 is 19.8 Å². The average Bonchev–Trinajstić information content (AvgIpc) is 2.73. The molecule has 2 aromatic carbocycles. The first kappa shape index (κ1) is 19.7.